The second kappa shape index (κ2) is 8.07. The van der Waals surface area contributed by atoms with Gasteiger partial charge in [-0.3, -0.25) is 9.59 Å². The van der Waals surface area contributed by atoms with Crippen LogP contribution in [0, 0.1) is 0 Å². The quantitative estimate of drug-likeness (QED) is 0.161. The van der Waals surface area contributed by atoms with E-state index < -0.39 is 0 Å². The first-order valence-electron chi connectivity index (χ1n) is 11.7. The predicted octanol–water partition coefficient (Wildman–Crippen LogP) is 7.20. The van der Waals surface area contributed by atoms with Gasteiger partial charge in [0.1, 0.15) is 0 Å². The zero-order chi connectivity index (χ0) is 24.1. The van der Waals surface area contributed by atoms with Crippen LogP contribution >= 0.6 is 0 Å². The van der Waals surface area contributed by atoms with E-state index in [4.69, 9.17) is 0 Å². The molecule has 0 N–H and O–H groups in total. The van der Waals surface area contributed by atoms with E-state index in [1.807, 2.05) is 61.5 Å². The first kappa shape index (κ1) is 21.1. The lowest BCUT2D eigenvalue weighted by Gasteiger charge is -2.16. The van der Waals surface area contributed by atoms with Crippen molar-refractivity contribution in [2.75, 3.05) is 0 Å². The van der Waals surface area contributed by atoms with Gasteiger partial charge in [0.15, 0.2) is 0 Å². The van der Waals surface area contributed by atoms with Crippen LogP contribution in [0.15, 0.2) is 113 Å². The summed E-state index contributed by atoms with van der Waals surface area (Å²) in [6.45, 7) is 4.12. The molecule has 2 aromatic heterocycles. The maximum Gasteiger partial charge on any atom is 0.266 e. The minimum Gasteiger partial charge on any atom is -0.268 e. The third-order valence-corrected chi connectivity index (χ3v) is 6.84. The molecule has 6 rings (SSSR count). The zero-order valence-electron chi connectivity index (χ0n) is 19.6. The molecule has 3 heteroatoms. The number of fused-ring (bicyclic) bond motifs is 4. The van der Waals surface area contributed by atoms with E-state index in [0.29, 0.717) is 16.3 Å². The molecule has 0 saturated heterocycles. The van der Waals surface area contributed by atoms with Gasteiger partial charge in [0.2, 0.25) is 0 Å². The number of rotatable bonds is 3. The Morgan fingerprint density at radius 2 is 1.20 bits per heavy atom. The van der Waals surface area contributed by atoms with Crippen LogP contribution in [-0.2, 0) is 0 Å². The normalized spacial score (nSPS) is 12.6. The molecule has 2 heterocycles. The van der Waals surface area contributed by atoms with Gasteiger partial charge in [-0.2, -0.15) is 0 Å². The predicted molar refractivity (Wildman–Crippen MR) is 148 cm³/mol. The number of hydrogen-bond donors (Lipinski definition) is 0. The van der Waals surface area contributed by atoms with Crippen molar-refractivity contribution in [2.24, 2.45) is 0 Å². The van der Waals surface area contributed by atoms with Gasteiger partial charge in [-0.25, -0.2) is 4.40 Å². The topological polar surface area (TPSA) is 38.5 Å². The first-order valence-corrected chi connectivity index (χ1v) is 11.7. The summed E-state index contributed by atoms with van der Waals surface area (Å²) in [6.07, 6.45) is 6.18. The Morgan fingerprint density at radius 1 is 0.686 bits per heavy atom. The number of pyridine rings is 2. The zero-order valence-corrected chi connectivity index (χ0v) is 19.6. The smallest absolute Gasteiger partial charge is 0.266 e. The standard InChI is InChI=1S/C32H23NO2/c1-3-4-11-20(2)22-12-5-6-13-23(22)21-18-28-24-14-7-9-16-26(24)31(34)33-30(28)29(19-21)25-15-8-10-17-27(25)32(33)35/h3-19H,1-2H3. The highest BCUT2D eigenvalue weighted by molar-refractivity contribution is 6.19. The van der Waals surface area contributed by atoms with Crippen molar-refractivity contribution in [3.8, 4) is 11.1 Å². The van der Waals surface area contributed by atoms with Crippen molar-refractivity contribution < 1.29 is 0 Å². The van der Waals surface area contributed by atoms with E-state index in [0.717, 1.165) is 43.8 Å². The van der Waals surface area contributed by atoms with E-state index in [1.54, 1.807) is 12.1 Å². The second-order valence-corrected chi connectivity index (χ2v) is 8.88. The third kappa shape index (κ3) is 3.12. The summed E-state index contributed by atoms with van der Waals surface area (Å²) >= 11 is 0. The Hall–Kier alpha value is -4.50. The number of aromatic nitrogens is 1. The van der Waals surface area contributed by atoms with Gasteiger partial charge in [-0.05, 0) is 71.1 Å². The molecule has 168 valence electrons. The molecule has 0 unspecified atom stereocenters. The third-order valence-electron chi connectivity index (χ3n) is 6.84. The van der Waals surface area contributed by atoms with Crippen molar-refractivity contribution in [1.82, 2.24) is 4.40 Å². The van der Waals surface area contributed by atoms with Crippen molar-refractivity contribution in [3.05, 3.63) is 129 Å². The molecule has 0 aliphatic carbocycles. The Labute approximate surface area is 202 Å². The molecular weight excluding hydrogens is 430 g/mol. The molecule has 3 nitrogen and oxygen atoms in total. The van der Waals surface area contributed by atoms with Gasteiger partial charge >= 0.3 is 0 Å². The molecule has 0 bridgehead atoms. The van der Waals surface area contributed by atoms with E-state index in [1.165, 1.54) is 4.40 Å². The highest BCUT2D eigenvalue weighted by atomic mass is 16.2. The van der Waals surface area contributed by atoms with Crippen LogP contribution < -0.4 is 11.1 Å². The summed E-state index contributed by atoms with van der Waals surface area (Å²) in [5.41, 5.74) is 4.61. The summed E-state index contributed by atoms with van der Waals surface area (Å²) < 4.78 is 1.36. The molecular formula is C32H23NO2. The van der Waals surface area contributed by atoms with Crippen LogP contribution in [0.2, 0.25) is 0 Å². The van der Waals surface area contributed by atoms with Gasteiger partial charge in [-0.1, -0.05) is 78.9 Å². The Morgan fingerprint density at radius 3 is 1.77 bits per heavy atom. The summed E-state index contributed by atoms with van der Waals surface area (Å²) in [7, 11) is 0. The summed E-state index contributed by atoms with van der Waals surface area (Å²) in [4.78, 5) is 27.0. The molecule has 0 amide bonds. The fourth-order valence-electron chi connectivity index (χ4n) is 5.20. The maximum absolute atomic E-state index is 13.5. The fourth-order valence-corrected chi connectivity index (χ4v) is 5.20. The van der Waals surface area contributed by atoms with Crippen molar-refractivity contribution in [3.63, 3.8) is 0 Å². The van der Waals surface area contributed by atoms with Crippen LogP contribution in [0.4, 0.5) is 0 Å². The lowest BCUT2D eigenvalue weighted by molar-refractivity contribution is 1.09. The Balaban J connectivity index is 1.85. The summed E-state index contributed by atoms with van der Waals surface area (Å²) in [5.74, 6) is 0. The van der Waals surface area contributed by atoms with Crippen LogP contribution in [0.1, 0.15) is 19.4 Å². The van der Waals surface area contributed by atoms with Crippen molar-refractivity contribution in [1.29, 1.82) is 0 Å². The maximum atomic E-state index is 13.5. The molecule has 4 aromatic carbocycles. The molecule has 0 aliphatic rings. The van der Waals surface area contributed by atoms with Crippen LogP contribution in [0.25, 0.3) is 54.5 Å². The second-order valence-electron chi connectivity index (χ2n) is 8.88. The van der Waals surface area contributed by atoms with Gasteiger partial charge in [0.25, 0.3) is 11.1 Å². The number of nitrogens with zero attached hydrogens (tertiary/aromatic N) is 1. The highest BCUT2D eigenvalue weighted by Crippen LogP contribution is 2.37. The average Bonchev–Trinajstić information content (AvgIpc) is 2.91. The molecule has 0 fully saturated rings. The van der Waals surface area contributed by atoms with Gasteiger partial charge in [0.05, 0.1) is 5.52 Å². The van der Waals surface area contributed by atoms with Gasteiger partial charge in [0, 0.05) is 21.5 Å². The highest BCUT2D eigenvalue weighted by Gasteiger charge is 2.18. The fraction of sp³-hybridized carbons (Fsp3) is 0.0625. The monoisotopic (exact) mass is 453 g/mol. The van der Waals surface area contributed by atoms with Gasteiger partial charge < -0.3 is 0 Å². The minimum atomic E-state index is -0.271. The van der Waals surface area contributed by atoms with Crippen molar-refractivity contribution in [2.45, 2.75) is 13.8 Å². The molecule has 0 spiro atoms. The van der Waals surface area contributed by atoms with Gasteiger partial charge in [-0.15, -0.1) is 0 Å². The van der Waals surface area contributed by atoms with E-state index in [-0.39, 0.29) is 11.1 Å². The lowest BCUT2D eigenvalue weighted by atomic mass is 9.91. The first-order chi connectivity index (χ1) is 17.1. The van der Waals surface area contributed by atoms with Crippen LogP contribution in [0.3, 0.4) is 0 Å². The molecule has 0 saturated carbocycles. The molecule has 35 heavy (non-hydrogen) atoms. The molecule has 0 radical (unpaired) electrons. The van der Waals surface area contributed by atoms with Crippen molar-refractivity contribution >= 4 is 43.4 Å². The van der Waals surface area contributed by atoms with Crippen LogP contribution in [-0.4, -0.2) is 4.40 Å². The van der Waals surface area contributed by atoms with E-state index in [9.17, 15) is 9.59 Å². The molecule has 0 atom stereocenters. The van der Waals surface area contributed by atoms with E-state index in [2.05, 4.69) is 43.3 Å². The Bertz CT molecular complexity index is 1860. The van der Waals surface area contributed by atoms with Crippen LogP contribution in [0.5, 0.6) is 0 Å². The average molecular weight is 454 g/mol. The number of allylic oxidation sites excluding steroid dienone is 4. The molecule has 6 aromatic rings. The number of hydrogen-bond acceptors (Lipinski definition) is 2. The summed E-state index contributed by atoms with van der Waals surface area (Å²) in [5, 5.41) is 4.62. The Kier molecular flexibility index (Phi) is 4.85. The largest absolute Gasteiger partial charge is 0.268 e. The lowest BCUT2D eigenvalue weighted by Crippen LogP contribution is -2.27. The SMILES string of the molecule is CC=CC=C(C)c1ccccc1-c1cc2c3ccccc3c(=O)n3c(=O)c4ccccc4c(c1)c23. The minimum absolute atomic E-state index is 0.271. The summed E-state index contributed by atoms with van der Waals surface area (Å²) in [6, 6.07) is 27.7. The van der Waals surface area contributed by atoms with E-state index >= 15 is 0 Å². The molecule has 0 aliphatic heterocycles. The number of benzene rings is 4.